The van der Waals surface area contributed by atoms with Crippen molar-refractivity contribution in [2.24, 2.45) is 0 Å². The fourth-order valence-corrected chi connectivity index (χ4v) is 5.34. The fraction of sp³-hybridized carbons (Fsp3) is 0.231. The summed E-state index contributed by atoms with van der Waals surface area (Å²) in [6.45, 7) is 5.70. The minimum Gasteiger partial charge on any atom is -0.325 e. The highest BCUT2D eigenvalue weighted by Gasteiger charge is 2.26. The van der Waals surface area contributed by atoms with Gasteiger partial charge in [0.25, 0.3) is 5.91 Å². The van der Waals surface area contributed by atoms with Crippen LogP contribution in [0.4, 0.5) is 11.4 Å². The van der Waals surface area contributed by atoms with Gasteiger partial charge in [-0.25, -0.2) is 13.1 Å². The Bertz CT molecular complexity index is 1380. The molecule has 4 rings (SSSR count). The van der Waals surface area contributed by atoms with Crippen LogP contribution in [0.15, 0.2) is 65.6 Å². The second kappa shape index (κ2) is 9.40. The van der Waals surface area contributed by atoms with Gasteiger partial charge in [-0.3, -0.25) is 9.59 Å². The molecule has 2 N–H and O–H groups in total. The average molecular weight is 478 g/mol. The van der Waals surface area contributed by atoms with Crippen LogP contribution in [-0.4, -0.2) is 26.8 Å². The minimum absolute atomic E-state index is 0.0140. The van der Waals surface area contributed by atoms with Crippen molar-refractivity contribution in [2.45, 2.75) is 38.6 Å². The zero-order valence-electron chi connectivity index (χ0n) is 19.4. The molecular weight excluding hydrogens is 450 g/mol. The number of anilines is 2. The number of aryl methyl sites for hydroxylation is 2. The van der Waals surface area contributed by atoms with Crippen molar-refractivity contribution in [1.82, 2.24) is 4.72 Å². The Hall–Kier alpha value is -3.49. The summed E-state index contributed by atoms with van der Waals surface area (Å²) in [6.07, 6.45) is 0.752. The molecule has 0 aliphatic carbocycles. The van der Waals surface area contributed by atoms with Gasteiger partial charge >= 0.3 is 0 Å². The molecule has 1 aliphatic heterocycles. The largest absolute Gasteiger partial charge is 0.325 e. The van der Waals surface area contributed by atoms with Gasteiger partial charge in [-0.2, -0.15) is 0 Å². The average Bonchev–Trinajstić information content (AvgIpc) is 3.21. The molecule has 3 aromatic carbocycles. The maximum absolute atomic E-state index is 13.1. The highest BCUT2D eigenvalue weighted by Crippen LogP contribution is 2.31. The van der Waals surface area contributed by atoms with Gasteiger partial charge in [0.05, 0.1) is 5.69 Å². The molecule has 0 saturated heterocycles. The first kappa shape index (κ1) is 23.7. The van der Waals surface area contributed by atoms with Crippen molar-refractivity contribution >= 4 is 33.2 Å². The van der Waals surface area contributed by atoms with Crippen molar-refractivity contribution in [2.75, 3.05) is 16.8 Å². The summed E-state index contributed by atoms with van der Waals surface area (Å²) in [6, 6.07) is 18.0. The van der Waals surface area contributed by atoms with E-state index >= 15 is 0 Å². The van der Waals surface area contributed by atoms with Crippen LogP contribution < -0.4 is 14.9 Å². The number of hydrogen-bond donors (Lipinski definition) is 2. The van der Waals surface area contributed by atoms with Gasteiger partial charge in [0.2, 0.25) is 15.9 Å². The Morgan fingerprint density at radius 1 is 0.971 bits per heavy atom. The molecule has 176 valence electrons. The van der Waals surface area contributed by atoms with Crippen molar-refractivity contribution in [3.05, 3.63) is 88.5 Å². The third kappa shape index (κ3) is 5.03. The Labute approximate surface area is 199 Å². The summed E-state index contributed by atoms with van der Waals surface area (Å²) >= 11 is 0. The Morgan fingerprint density at radius 3 is 2.47 bits per heavy atom. The molecule has 3 aromatic rings. The molecule has 0 saturated carbocycles. The number of hydrogen-bond acceptors (Lipinski definition) is 4. The summed E-state index contributed by atoms with van der Waals surface area (Å²) in [5.74, 6) is -0.419. The van der Waals surface area contributed by atoms with E-state index in [-0.39, 0.29) is 28.9 Å². The second-order valence-corrected chi connectivity index (χ2v) is 10.3. The van der Waals surface area contributed by atoms with Crippen LogP contribution in [0.2, 0.25) is 0 Å². The zero-order valence-corrected chi connectivity index (χ0v) is 20.2. The second-order valence-electron chi connectivity index (χ2n) is 8.54. The van der Waals surface area contributed by atoms with Crippen molar-refractivity contribution in [3.63, 3.8) is 0 Å². The van der Waals surface area contributed by atoms with Gasteiger partial charge in [0.1, 0.15) is 4.90 Å². The number of fused-ring (bicyclic) bond motifs is 1. The number of rotatable bonds is 6. The summed E-state index contributed by atoms with van der Waals surface area (Å²) in [5.41, 5.74) is 5.23. The van der Waals surface area contributed by atoms with Crippen LogP contribution in [0.25, 0.3) is 0 Å². The SMILES string of the molecule is CC(=O)Nc1ccc(C)cc1S(=O)(=O)NCc1ccc2c(c1)N(C(=O)c1cccc(C)c1)CC2. The Morgan fingerprint density at radius 2 is 1.74 bits per heavy atom. The van der Waals surface area contributed by atoms with E-state index in [1.54, 1.807) is 30.0 Å². The summed E-state index contributed by atoms with van der Waals surface area (Å²) in [5, 5.41) is 2.57. The maximum Gasteiger partial charge on any atom is 0.258 e. The molecule has 0 radical (unpaired) electrons. The molecule has 0 unspecified atom stereocenters. The van der Waals surface area contributed by atoms with E-state index in [0.717, 1.165) is 34.4 Å². The van der Waals surface area contributed by atoms with Gasteiger partial charge in [0, 0.05) is 31.3 Å². The third-order valence-electron chi connectivity index (χ3n) is 5.76. The molecule has 1 aliphatic rings. The maximum atomic E-state index is 13.1. The highest BCUT2D eigenvalue weighted by atomic mass is 32.2. The van der Waals surface area contributed by atoms with Crippen molar-refractivity contribution in [1.29, 1.82) is 0 Å². The van der Waals surface area contributed by atoms with Crippen molar-refractivity contribution in [3.8, 4) is 0 Å². The number of nitrogens with zero attached hydrogens (tertiary/aromatic N) is 1. The molecule has 7 nitrogen and oxygen atoms in total. The number of sulfonamides is 1. The quantitative estimate of drug-likeness (QED) is 0.562. The van der Waals surface area contributed by atoms with E-state index in [1.807, 2.05) is 43.3 Å². The number of benzene rings is 3. The summed E-state index contributed by atoms with van der Waals surface area (Å²) < 4.78 is 28.7. The van der Waals surface area contributed by atoms with Gasteiger partial charge in [-0.1, -0.05) is 35.9 Å². The molecular formula is C26H27N3O4S. The first-order valence-electron chi connectivity index (χ1n) is 11.0. The fourth-order valence-electron chi connectivity index (χ4n) is 4.08. The molecule has 8 heteroatoms. The number of amides is 2. The number of nitrogens with one attached hydrogen (secondary N) is 2. The molecule has 0 atom stereocenters. The first-order chi connectivity index (χ1) is 16.1. The molecule has 0 bridgehead atoms. The topological polar surface area (TPSA) is 95.6 Å². The lowest BCUT2D eigenvalue weighted by Gasteiger charge is -2.19. The van der Waals surface area contributed by atoms with E-state index < -0.39 is 10.0 Å². The first-order valence-corrected chi connectivity index (χ1v) is 12.5. The van der Waals surface area contributed by atoms with Crippen LogP contribution in [0.1, 0.15) is 39.5 Å². The monoisotopic (exact) mass is 477 g/mol. The molecule has 0 spiro atoms. The van der Waals surface area contributed by atoms with E-state index in [0.29, 0.717) is 12.1 Å². The Kier molecular flexibility index (Phi) is 6.54. The van der Waals surface area contributed by atoms with Gasteiger partial charge < -0.3 is 10.2 Å². The van der Waals surface area contributed by atoms with Crippen LogP contribution in [-0.2, 0) is 27.8 Å². The molecule has 0 fully saturated rings. The minimum atomic E-state index is -3.89. The molecule has 0 aromatic heterocycles. The van der Waals surface area contributed by atoms with Crippen LogP contribution >= 0.6 is 0 Å². The lowest BCUT2D eigenvalue weighted by molar-refractivity contribution is -0.114. The van der Waals surface area contributed by atoms with E-state index in [1.165, 1.54) is 13.0 Å². The van der Waals surface area contributed by atoms with Crippen LogP contribution in [0, 0.1) is 13.8 Å². The predicted octanol–water partition coefficient (Wildman–Crippen LogP) is 3.94. The molecule has 34 heavy (non-hydrogen) atoms. The zero-order chi connectivity index (χ0) is 24.5. The smallest absolute Gasteiger partial charge is 0.258 e. The molecule has 2 amide bonds. The standard InChI is InChI=1S/C26H27N3O4S/c1-17-5-4-6-22(13-17)26(31)29-12-11-21-9-8-20(15-24(21)29)16-27-34(32,33)25-14-18(2)7-10-23(25)28-19(3)30/h4-10,13-15,27H,11-12,16H2,1-3H3,(H,28,30). The number of carbonyl (C=O) groups is 2. The third-order valence-corrected chi connectivity index (χ3v) is 7.20. The Balaban J connectivity index is 1.56. The van der Waals surface area contributed by atoms with Gasteiger partial charge in [-0.15, -0.1) is 0 Å². The molecule has 1 heterocycles. The lowest BCUT2D eigenvalue weighted by Crippen LogP contribution is -2.29. The predicted molar refractivity (Wildman–Crippen MR) is 133 cm³/mol. The summed E-state index contributed by atoms with van der Waals surface area (Å²) in [7, 11) is -3.89. The van der Waals surface area contributed by atoms with Crippen LogP contribution in [0.5, 0.6) is 0 Å². The van der Waals surface area contributed by atoms with Gasteiger partial charge in [0.15, 0.2) is 0 Å². The number of carbonyl (C=O) groups excluding carboxylic acids is 2. The normalized spacial score (nSPS) is 13.0. The van der Waals surface area contributed by atoms with E-state index in [2.05, 4.69) is 10.0 Å². The van der Waals surface area contributed by atoms with Crippen LogP contribution in [0.3, 0.4) is 0 Å². The lowest BCUT2D eigenvalue weighted by atomic mass is 10.1. The van der Waals surface area contributed by atoms with E-state index in [4.69, 9.17) is 0 Å². The van der Waals surface area contributed by atoms with E-state index in [9.17, 15) is 18.0 Å². The summed E-state index contributed by atoms with van der Waals surface area (Å²) in [4.78, 5) is 26.4. The van der Waals surface area contributed by atoms with Crippen molar-refractivity contribution < 1.29 is 18.0 Å². The van der Waals surface area contributed by atoms with Gasteiger partial charge in [-0.05, 0) is 67.3 Å². The highest BCUT2D eigenvalue weighted by molar-refractivity contribution is 7.89.